The molecule has 3 aromatic rings. The van der Waals surface area contributed by atoms with Gasteiger partial charge in [-0.15, -0.1) is 0 Å². The van der Waals surface area contributed by atoms with Crippen molar-refractivity contribution in [2.45, 2.75) is 25.0 Å². The summed E-state index contributed by atoms with van der Waals surface area (Å²) in [5.41, 5.74) is 7.17. The van der Waals surface area contributed by atoms with Gasteiger partial charge in [0.1, 0.15) is 11.9 Å². The van der Waals surface area contributed by atoms with Gasteiger partial charge in [0, 0.05) is 17.5 Å². The standard InChI is InChI=1S/C20H20N4O2/c21-18(25)17-11-10-14(26-17)12-22-20-15-8-4-5-9-16(15)23-19(24-20)13-6-2-1-3-7-13/h1-9,14,17H,10-12H2,(H2,21,25)(H,22,23,24). The van der Waals surface area contributed by atoms with Crippen LogP contribution in [0.25, 0.3) is 22.3 Å². The Morgan fingerprint density at radius 2 is 1.85 bits per heavy atom. The minimum atomic E-state index is -0.483. The van der Waals surface area contributed by atoms with Crippen molar-refractivity contribution in [3.05, 3.63) is 54.6 Å². The van der Waals surface area contributed by atoms with Gasteiger partial charge >= 0.3 is 0 Å². The molecule has 1 amide bonds. The molecule has 6 heteroatoms. The number of anilines is 1. The van der Waals surface area contributed by atoms with Crippen molar-refractivity contribution in [1.82, 2.24) is 9.97 Å². The van der Waals surface area contributed by atoms with Gasteiger partial charge in [-0.2, -0.15) is 0 Å². The molecule has 1 aromatic heterocycles. The number of nitrogens with zero attached hydrogens (tertiary/aromatic N) is 2. The Balaban J connectivity index is 1.60. The largest absolute Gasteiger partial charge is 0.367 e. The van der Waals surface area contributed by atoms with Crippen molar-refractivity contribution in [2.75, 3.05) is 11.9 Å². The predicted octanol–water partition coefficient (Wildman–Crippen LogP) is 2.74. The number of amides is 1. The molecular weight excluding hydrogens is 328 g/mol. The van der Waals surface area contributed by atoms with Crippen LogP contribution in [0, 0.1) is 0 Å². The fourth-order valence-corrected chi connectivity index (χ4v) is 3.20. The summed E-state index contributed by atoms with van der Waals surface area (Å²) in [5, 5.41) is 4.33. The highest BCUT2D eigenvalue weighted by Gasteiger charge is 2.29. The molecule has 0 spiro atoms. The molecule has 0 saturated carbocycles. The number of primary amides is 1. The summed E-state index contributed by atoms with van der Waals surface area (Å²) in [7, 11) is 0. The number of carbonyl (C=O) groups excluding carboxylic acids is 1. The maximum absolute atomic E-state index is 11.3. The van der Waals surface area contributed by atoms with E-state index in [4.69, 9.17) is 15.5 Å². The van der Waals surface area contributed by atoms with Gasteiger partial charge in [0.25, 0.3) is 0 Å². The molecule has 4 rings (SSSR count). The van der Waals surface area contributed by atoms with Crippen LogP contribution in [0.3, 0.4) is 0 Å². The van der Waals surface area contributed by atoms with Crippen molar-refractivity contribution in [3.63, 3.8) is 0 Å². The molecule has 2 aromatic carbocycles. The van der Waals surface area contributed by atoms with Gasteiger partial charge in [0.15, 0.2) is 5.82 Å². The zero-order valence-electron chi connectivity index (χ0n) is 14.3. The van der Waals surface area contributed by atoms with Crippen molar-refractivity contribution >= 4 is 22.6 Å². The van der Waals surface area contributed by atoms with E-state index in [9.17, 15) is 4.79 Å². The number of aromatic nitrogens is 2. The highest BCUT2D eigenvalue weighted by atomic mass is 16.5. The van der Waals surface area contributed by atoms with Crippen LogP contribution in [-0.4, -0.2) is 34.6 Å². The summed E-state index contributed by atoms with van der Waals surface area (Å²) < 4.78 is 5.69. The summed E-state index contributed by atoms with van der Waals surface area (Å²) in [6.45, 7) is 0.568. The lowest BCUT2D eigenvalue weighted by Crippen LogP contribution is -2.30. The first-order valence-corrected chi connectivity index (χ1v) is 8.71. The van der Waals surface area contributed by atoms with Crippen LogP contribution >= 0.6 is 0 Å². The molecule has 2 atom stereocenters. The number of fused-ring (bicyclic) bond motifs is 1. The fraction of sp³-hybridized carbons (Fsp3) is 0.250. The maximum Gasteiger partial charge on any atom is 0.246 e. The molecule has 0 aliphatic carbocycles. The number of hydrogen-bond donors (Lipinski definition) is 2. The summed E-state index contributed by atoms with van der Waals surface area (Å²) in [6.07, 6.45) is 0.932. The summed E-state index contributed by atoms with van der Waals surface area (Å²) in [6, 6.07) is 17.8. The van der Waals surface area contributed by atoms with Gasteiger partial charge in [-0.3, -0.25) is 4.79 Å². The molecule has 0 radical (unpaired) electrons. The van der Waals surface area contributed by atoms with Crippen LogP contribution in [0.4, 0.5) is 5.82 Å². The minimum absolute atomic E-state index is 0.0543. The third-order valence-electron chi connectivity index (χ3n) is 4.56. The van der Waals surface area contributed by atoms with Crippen LogP contribution in [0.1, 0.15) is 12.8 Å². The number of benzene rings is 2. The zero-order chi connectivity index (χ0) is 17.9. The molecule has 1 fully saturated rings. The van der Waals surface area contributed by atoms with Crippen molar-refractivity contribution in [1.29, 1.82) is 0 Å². The molecule has 26 heavy (non-hydrogen) atoms. The number of para-hydroxylation sites is 1. The lowest BCUT2D eigenvalue weighted by atomic mass is 10.1. The van der Waals surface area contributed by atoms with Crippen molar-refractivity contribution < 1.29 is 9.53 Å². The number of nitrogens with one attached hydrogen (secondary N) is 1. The van der Waals surface area contributed by atoms with Crippen LogP contribution < -0.4 is 11.1 Å². The molecule has 2 heterocycles. The Kier molecular flexibility index (Phi) is 4.50. The zero-order valence-corrected chi connectivity index (χ0v) is 14.3. The molecule has 1 aliphatic rings. The second-order valence-electron chi connectivity index (χ2n) is 6.39. The summed E-state index contributed by atoms with van der Waals surface area (Å²) >= 11 is 0. The van der Waals surface area contributed by atoms with Gasteiger partial charge in [-0.1, -0.05) is 42.5 Å². The Labute approximate surface area is 151 Å². The van der Waals surface area contributed by atoms with E-state index < -0.39 is 12.0 Å². The Hall–Kier alpha value is -2.99. The van der Waals surface area contributed by atoms with Crippen LogP contribution in [0.5, 0.6) is 0 Å². The highest BCUT2D eigenvalue weighted by Crippen LogP contribution is 2.26. The van der Waals surface area contributed by atoms with Crippen molar-refractivity contribution in [3.8, 4) is 11.4 Å². The van der Waals surface area contributed by atoms with E-state index >= 15 is 0 Å². The molecule has 2 unspecified atom stereocenters. The van der Waals surface area contributed by atoms with Gasteiger partial charge in [0.2, 0.25) is 5.91 Å². The lowest BCUT2D eigenvalue weighted by Gasteiger charge is -2.15. The first kappa shape index (κ1) is 16.5. The van der Waals surface area contributed by atoms with Crippen LogP contribution in [0.2, 0.25) is 0 Å². The highest BCUT2D eigenvalue weighted by molar-refractivity contribution is 5.90. The second kappa shape index (κ2) is 7.09. The Morgan fingerprint density at radius 3 is 2.62 bits per heavy atom. The summed E-state index contributed by atoms with van der Waals surface area (Å²) in [4.78, 5) is 20.6. The number of ether oxygens (including phenoxy) is 1. The normalized spacial score (nSPS) is 19.5. The third-order valence-corrected chi connectivity index (χ3v) is 4.56. The van der Waals surface area contributed by atoms with Gasteiger partial charge in [-0.25, -0.2) is 9.97 Å². The molecule has 0 bridgehead atoms. The number of carbonyl (C=O) groups is 1. The molecule has 3 N–H and O–H groups in total. The Morgan fingerprint density at radius 1 is 1.08 bits per heavy atom. The number of rotatable bonds is 5. The first-order valence-electron chi connectivity index (χ1n) is 8.71. The predicted molar refractivity (Wildman–Crippen MR) is 101 cm³/mol. The minimum Gasteiger partial charge on any atom is -0.367 e. The summed E-state index contributed by atoms with van der Waals surface area (Å²) in [5.74, 6) is 1.04. The van der Waals surface area contributed by atoms with Gasteiger partial charge in [0.05, 0.1) is 11.6 Å². The maximum atomic E-state index is 11.3. The smallest absolute Gasteiger partial charge is 0.246 e. The molecular formula is C20H20N4O2. The van der Waals surface area contributed by atoms with E-state index in [2.05, 4.69) is 10.3 Å². The molecule has 1 saturated heterocycles. The fourth-order valence-electron chi connectivity index (χ4n) is 3.20. The molecule has 132 valence electrons. The van der Waals surface area contributed by atoms with E-state index in [-0.39, 0.29) is 6.10 Å². The van der Waals surface area contributed by atoms with E-state index in [1.165, 1.54) is 0 Å². The average molecular weight is 348 g/mol. The first-order chi connectivity index (χ1) is 12.7. The number of nitrogens with two attached hydrogens (primary N) is 1. The van der Waals surface area contributed by atoms with Crippen LogP contribution in [0.15, 0.2) is 54.6 Å². The Bertz CT molecular complexity index is 930. The van der Waals surface area contributed by atoms with Gasteiger partial charge in [-0.05, 0) is 25.0 Å². The second-order valence-corrected chi connectivity index (χ2v) is 6.39. The average Bonchev–Trinajstić information content (AvgIpc) is 3.16. The SMILES string of the molecule is NC(=O)C1CCC(CNc2nc(-c3ccccc3)nc3ccccc23)O1. The van der Waals surface area contributed by atoms with Crippen LogP contribution in [-0.2, 0) is 9.53 Å². The molecule has 1 aliphatic heterocycles. The lowest BCUT2D eigenvalue weighted by molar-refractivity contribution is -0.128. The molecule has 6 nitrogen and oxygen atoms in total. The third kappa shape index (κ3) is 3.36. The van der Waals surface area contributed by atoms with Crippen molar-refractivity contribution in [2.24, 2.45) is 5.73 Å². The van der Waals surface area contributed by atoms with E-state index in [1.807, 2.05) is 54.6 Å². The monoisotopic (exact) mass is 348 g/mol. The topological polar surface area (TPSA) is 90.1 Å². The van der Waals surface area contributed by atoms with E-state index in [0.717, 1.165) is 28.7 Å². The van der Waals surface area contributed by atoms with Gasteiger partial charge < -0.3 is 15.8 Å². The van der Waals surface area contributed by atoms with E-state index in [0.29, 0.717) is 18.8 Å². The van der Waals surface area contributed by atoms with E-state index in [1.54, 1.807) is 0 Å². The number of hydrogen-bond acceptors (Lipinski definition) is 5. The quantitative estimate of drug-likeness (QED) is 0.740.